The summed E-state index contributed by atoms with van der Waals surface area (Å²) in [5.41, 5.74) is 2.08. The summed E-state index contributed by atoms with van der Waals surface area (Å²) in [5, 5.41) is 0. The maximum absolute atomic E-state index is 13.2. The Bertz CT molecular complexity index is 837. The first kappa shape index (κ1) is 22.2. The van der Waals surface area contributed by atoms with Gasteiger partial charge in [0.15, 0.2) is 6.04 Å². The van der Waals surface area contributed by atoms with Crippen LogP contribution in [0.25, 0.3) is 0 Å². The van der Waals surface area contributed by atoms with E-state index in [1.54, 1.807) is 16.4 Å². The molecule has 1 N–H and O–H groups in total. The van der Waals surface area contributed by atoms with Crippen molar-refractivity contribution in [3.8, 4) is 0 Å². The van der Waals surface area contributed by atoms with Gasteiger partial charge in [-0.1, -0.05) is 6.07 Å². The summed E-state index contributed by atoms with van der Waals surface area (Å²) in [6.45, 7) is 12.4. The summed E-state index contributed by atoms with van der Waals surface area (Å²) in [4.78, 5) is 16.8. The first-order chi connectivity index (χ1) is 13.6. The van der Waals surface area contributed by atoms with E-state index in [-0.39, 0.29) is 11.9 Å². The van der Waals surface area contributed by atoms with Gasteiger partial charge in [-0.3, -0.25) is 4.79 Å². The monoisotopic (exact) mass is 422 g/mol. The van der Waals surface area contributed by atoms with Crippen LogP contribution >= 0.6 is 0 Å². The van der Waals surface area contributed by atoms with Crippen molar-refractivity contribution in [3.63, 3.8) is 0 Å². The van der Waals surface area contributed by atoms with Crippen LogP contribution in [0, 0.1) is 13.8 Å². The van der Waals surface area contributed by atoms with Crippen LogP contribution in [0.2, 0.25) is 0 Å². The number of aryl methyl sites for hydroxylation is 2. The van der Waals surface area contributed by atoms with Crippen LogP contribution < -0.4 is 4.90 Å². The highest BCUT2D eigenvalue weighted by Gasteiger charge is 2.39. The number of piperidine rings is 1. The lowest BCUT2D eigenvalue weighted by molar-refractivity contribution is -0.918. The Balaban J connectivity index is 1.65. The minimum atomic E-state index is -3.48. The van der Waals surface area contributed by atoms with Crippen molar-refractivity contribution in [3.05, 3.63) is 29.3 Å². The van der Waals surface area contributed by atoms with Crippen LogP contribution in [0.5, 0.6) is 0 Å². The van der Waals surface area contributed by atoms with Crippen LogP contribution in [0.3, 0.4) is 0 Å². The molecule has 0 saturated carbocycles. The number of piperazine rings is 1. The molecule has 0 unspecified atom stereocenters. The largest absolute Gasteiger partial charge is 0.332 e. The normalized spacial score (nSPS) is 25.8. The van der Waals surface area contributed by atoms with Crippen molar-refractivity contribution in [1.29, 1.82) is 0 Å². The van der Waals surface area contributed by atoms with Gasteiger partial charge < -0.3 is 9.80 Å². The summed E-state index contributed by atoms with van der Waals surface area (Å²) in [6, 6.07) is 5.77. The van der Waals surface area contributed by atoms with E-state index in [0.29, 0.717) is 43.2 Å². The van der Waals surface area contributed by atoms with E-state index in [9.17, 15) is 13.2 Å². The fraction of sp³-hybridized carbons (Fsp3) is 0.682. The topological polar surface area (TPSA) is 62.1 Å². The average Bonchev–Trinajstić information content (AvgIpc) is 2.69. The van der Waals surface area contributed by atoms with Gasteiger partial charge in [0.2, 0.25) is 10.0 Å². The fourth-order valence-corrected chi connectivity index (χ4v) is 6.25. The summed E-state index contributed by atoms with van der Waals surface area (Å²) in [5.74, 6) is 0.213. The zero-order valence-electron chi connectivity index (χ0n) is 18.4. The van der Waals surface area contributed by atoms with Gasteiger partial charge in [-0.05, 0) is 77.1 Å². The lowest BCUT2D eigenvalue weighted by Gasteiger charge is -2.42. The summed E-state index contributed by atoms with van der Waals surface area (Å²) < 4.78 is 27.6. The molecule has 0 radical (unpaired) electrons. The first-order valence-corrected chi connectivity index (χ1v) is 12.3. The highest BCUT2D eigenvalue weighted by Crippen LogP contribution is 2.23. The molecule has 1 aromatic rings. The molecule has 6 nitrogen and oxygen atoms in total. The molecule has 1 amide bonds. The van der Waals surface area contributed by atoms with E-state index in [1.165, 1.54) is 11.3 Å². The number of quaternary nitrogens is 1. The third kappa shape index (κ3) is 4.52. The number of hydrogen-bond donors (Lipinski definition) is 1. The average molecular weight is 423 g/mol. The molecule has 162 valence electrons. The van der Waals surface area contributed by atoms with Crippen molar-refractivity contribution in [1.82, 2.24) is 9.21 Å². The molecule has 2 heterocycles. The molecular formula is C22H36N3O3S+. The molecule has 3 rings (SSSR count). The standard InChI is InChI=1S/C22H35N3O3S/c1-16-9-10-21(15-17(16)2)29(27,28)24-13-11-23(12-14-24)20(5)22(26)25-18(3)7-6-8-19(25)4/h9-10,15,18-20H,6-8,11-14H2,1-5H3/p+1/t18-,19+,20-/m0/s1. The number of sulfonamides is 1. The van der Waals surface area contributed by atoms with E-state index in [0.717, 1.165) is 24.0 Å². The van der Waals surface area contributed by atoms with Crippen LogP contribution in [-0.2, 0) is 14.8 Å². The van der Waals surface area contributed by atoms with Crippen molar-refractivity contribution in [2.75, 3.05) is 26.2 Å². The number of amides is 1. The molecule has 29 heavy (non-hydrogen) atoms. The van der Waals surface area contributed by atoms with Crippen LogP contribution in [0.4, 0.5) is 0 Å². The van der Waals surface area contributed by atoms with Gasteiger partial charge in [-0.25, -0.2) is 8.42 Å². The summed E-state index contributed by atoms with van der Waals surface area (Å²) in [7, 11) is -3.48. The van der Waals surface area contributed by atoms with Gasteiger partial charge in [0.25, 0.3) is 5.91 Å². The Kier molecular flexibility index (Phi) is 6.70. The maximum Gasteiger partial charge on any atom is 0.281 e. The summed E-state index contributed by atoms with van der Waals surface area (Å²) >= 11 is 0. The molecule has 0 aromatic heterocycles. The molecule has 1 aromatic carbocycles. The minimum Gasteiger partial charge on any atom is -0.332 e. The molecule has 0 aliphatic carbocycles. The molecule has 2 aliphatic heterocycles. The lowest BCUT2D eigenvalue weighted by atomic mass is 9.96. The van der Waals surface area contributed by atoms with Gasteiger partial charge in [-0.2, -0.15) is 4.31 Å². The third-order valence-electron chi connectivity index (χ3n) is 6.91. The Hall–Kier alpha value is -1.44. The van der Waals surface area contributed by atoms with Gasteiger partial charge >= 0.3 is 0 Å². The molecule has 2 fully saturated rings. The second-order valence-electron chi connectivity index (χ2n) is 8.90. The number of hydrogen-bond acceptors (Lipinski definition) is 3. The first-order valence-electron chi connectivity index (χ1n) is 10.9. The number of nitrogens with zero attached hydrogens (tertiary/aromatic N) is 2. The van der Waals surface area contributed by atoms with Crippen LogP contribution in [0.15, 0.2) is 23.1 Å². The number of nitrogens with one attached hydrogen (secondary N) is 1. The fourth-order valence-electron chi connectivity index (χ4n) is 4.72. The predicted octanol–water partition coefficient (Wildman–Crippen LogP) is 1.37. The Labute approximate surface area is 175 Å². The molecule has 0 bridgehead atoms. The zero-order valence-corrected chi connectivity index (χ0v) is 19.3. The SMILES string of the molecule is Cc1ccc(S(=O)(=O)N2CC[NH+]([C@@H](C)C(=O)N3[C@H](C)CCC[C@@H]3C)CC2)cc1C. The Morgan fingerprint density at radius 3 is 2.21 bits per heavy atom. The Morgan fingerprint density at radius 1 is 1.07 bits per heavy atom. The molecule has 3 atom stereocenters. The third-order valence-corrected chi connectivity index (χ3v) is 8.81. The zero-order chi connectivity index (χ0) is 21.3. The van der Waals surface area contributed by atoms with E-state index >= 15 is 0 Å². The van der Waals surface area contributed by atoms with E-state index in [4.69, 9.17) is 0 Å². The number of carbonyl (C=O) groups is 1. The van der Waals surface area contributed by atoms with E-state index in [1.807, 2.05) is 26.8 Å². The van der Waals surface area contributed by atoms with Crippen LogP contribution in [-0.4, -0.2) is 67.8 Å². The van der Waals surface area contributed by atoms with Crippen molar-refractivity contribution in [2.24, 2.45) is 0 Å². The smallest absolute Gasteiger partial charge is 0.281 e. The second kappa shape index (κ2) is 8.74. The van der Waals surface area contributed by atoms with Gasteiger partial charge in [0.1, 0.15) is 0 Å². The van der Waals surface area contributed by atoms with Crippen molar-refractivity contribution < 1.29 is 18.1 Å². The molecule has 7 heteroatoms. The van der Waals surface area contributed by atoms with E-state index in [2.05, 4.69) is 18.7 Å². The maximum atomic E-state index is 13.2. The quantitative estimate of drug-likeness (QED) is 0.797. The number of likely N-dealkylation sites (tertiary alicyclic amines) is 1. The highest BCUT2D eigenvalue weighted by molar-refractivity contribution is 7.89. The number of benzene rings is 1. The summed E-state index contributed by atoms with van der Waals surface area (Å²) in [6.07, 6.45) is 3.32. The minimum absolute atomic E-state index is 0.135. The lowest BCUT2D eigenvalue weighted by Crippen LogP contribution is -3.19. The molecular weight excluding hydrogens is 386 g/mol. The van der Waals surface area contributed by atoms with Crippen molar-refractivity contribution in [2.45, 2.75) is 76.9 Å². The van der Waals surface area contributed by atoms with E-state index < -0.39 is 10.0 Å². The van der Waals surface area contributed by atoms with Crippen molar-refractivity contribution >= 4 is 15.9 Å². The molecule has 0 spiro atoms. The number of rotatable bonds is 4. The highest BCUT2D eigenvalue weighted by atomic mass is 32.2. The van der Waals surface area contributed by atoms with Gasteiger partial charge in [0, 0.05) is 12.1 Å². The number of carbonyl (C=O) groups excluding carboxylic acids is 1. The molecule has 2 aliphatic rings. The van der Waals surface area contributed by atoms with Gasteiger partial charge in [-0.15, -0.1) is 0 Å². The predicted molar refractivity (Wildman–Crippen MR) is 114 cm³/mol. The Morgan fingerprint density at radius 2 is 1.66 bits per heavy atom. The second-order valence-corrected chi connectivity index (χ2v) is 10.8. The molecule has 2 saturated heterocycles. The van der Waals surface area contributed by atoms with Gasteiger partial charge in [0.05, 0.1) is 31.1 Å². The van der Waals surface area contributed by atoms with Crippen LogP contribution in [0.1, 0.15) is 51.2 Å².